The number of hydrogen-bond donors (Lipinski definition) is 1. The first-order valence-electron chi connectivity index (χ1n) is 8.59. The fraction of sp³-hybridized carbons (Fsp3) is 0.0952. The number of nitrogens with zero attached hydrogens (tertiary/aromatic N) is 1. The molecule has 1 N–H and O–H groups in total. The Kier molecular flexibility index (Phi) is 4.78. The maximum atomic E-state index is 12.5. The number of anilines is 1. The van der Waals surface area contributed by atoms with E-state index < -0.39 is 10.0 Å². The number of fused-ring (bicyclic) bond motifs is 1. The van der Waals surface area contributed by atoms with Crippen LogP contribution in [0.1, 0.15) is 5.56 Å². The average molecular weight is 411 g/mol. The summed E-state index contributed by atoms with van der Waals surface area (Å²) in [6.07, 6.45) is 0. The van der Waals surface area contributed by atoms with Crippen LogP contribution >= 0.6 is 11.3 Å². The van der Waals surface area contributed by atoms with Gasteiger partial charge in [-0.05, 0) is 61.5 Å². The lowest BCUT2D eigenvalue weighted by Gasteiger charge is -2.08. The van der Waals surface area contributed by atoms with Crippen molar-refractivity contribution in [2.45, 2.75) is 11.8 Å². The molecule has 3 aromatic carbocycles. The Labute approximate surface area is 167 Å². The van der Waals surface area contributed by atoms with Gasteiger partial charge in [0.05, 0.1) is 22.2 Å². The van der Waals surface area contributed by atoms with Crippen LogP contribution in [-0.2, 0) is 10.0 Å². The Balaban J connectivity index is 1.58. The number of benzene rings is 3. The highest BCUT2D eigenvalue weighted by atomic mass is 32.2. The van der Waals surface area contributed by atoms with Crippen molar-refractivity contribution in [1.82, 2.24) is 4.98 Å². The Hall–Kier alpha value is -2.90. The maximum Gasteiger partial charge on any atom is 0.261 e. The van der Waals surface area contributed by atoms with E-state index in [4.69, 9.17) is 4.74 Å². The largest absolute Gasteiger partial charge is 0.497 e. The molecule has 0 saturated carbocycles. The van der Waals surface area contributed by atoms with E-state index in [0.29, 0.717) is 5.69 Å². The van der Waals surface area contributed by atoms with Crippen molar-refractivity contribution < 1.29 is 13.2 Å². The molecule has 28 heavy (non-hydrogen) atoms. The van der Waals surface area contributed by atoms with E-state index in [1.165, 1.54) is 0 Å². The van der Waals surface area contributed by atoms with Crippen LogP contribution in [0.15, 0.2) is 71.6 Å². The Bertz CT molecular complexity index is 1230. The van der Waals surface area contributed by atoms with E-state index in [1.54, 1.807) is 54.8 Å². The van der Waals surface area contributed by atoms with E-state index in [9.17, 15) is 8.42 Å². The first-order chi connectivity index (χ1) is 13.4. The summed E-state index contributed by atoms with van der Waals surface area (Å²) in [6, 6.07) is 19.7. The Morgan fingerprint density at radius 1 is 0.964 bits per heavy atom. The van der Waals surface area contributed by atoms with E-state index in [0.717, 1.165) is 32.1 Å². The van der Waals surface area contributed by atoms with Gasteiger partial charge in [-0.25, -0.2) is 13.4 Å². The van der Waals surface area contributed by atoms with E-state index in [-0.39, 0.29) is 4.90 Å². The molecule has 1 heterocycles. The number of ether oxygens (including phenoxy) is 1. The molecule has 142 valence electrons. The van der Waals surface area contributed by atoms with Crippen molar-refractivity contribution in [3.05, 3.63) is 72.3 Å². The lowest BCUT2D eigenvalue weighted by atomic mass is 10.2. The van der Waals surface area contributed by atoms with Crippen LogP contribution in [0, 0.1) is 6.92 Å². The third kappa shape index (κ3) is 3.72. The van der Waals surface area contributed by atoms with Gasteiger partial charge in [0.2, 0.25) is 0 Å². The van der Waals surface area contributed by atoms with Crippen LogP contribution in [0.4, 0.5) is 5.69 Å². The lowest BCUT2D eigenvalue weighted by molar-refractivity contribution is 0.415. The minimum absolute atomic E-state index is 0.238. The van der Waals surface area contributed by atoms with Crippen molar-refractivity contribution in [3.8, 4) is 16.3 Å². The van der Waals surface area contributed by atoms with E-state index in [1.807, 2.05) is 37.3 Å². The molecule has 0 atom stereocenters. The van der Waals surface area contributed by atoms with Crippen molar-refractivity contribution in [2.75, 3.05) is 11.8 Å². The second-order valence-corrected chi connectivity index (χ2v) is 9.06. The molecule has 0 aliphatic rings. The second-order valence-electron chi connectivity index (χ2n) is 6.35. The molecule has 0 unspecified atom stereocenters. The molecule has 0 bridgehead atoms. The first-order valence-corrected chi connectivity index (χ1v) is 10.9. The zero-order valence-corrected chi connectivity index (χ0v) is 17.0. The highest BCUT2D eigenvalue weighted by Gasteiger charge is 2.14. The first kappa shape index (κ1) is 18.5. The topological polar surface area (TPSA) is 68.3 Å². The van der Waals surface area contributed by atoms with Crippen LogP contribution in [0.25, 0.3) is 20.8 Å². The minimum Gasteiger partial charge on any atom is -0.497 e. The van der Waals surface area contributed by atoms with Crippen molar-refractivity contribution in [2.24, 2.45) is 0 Å². The van der Waals surface area contributed by atoms with E-state index >= 15 is 0 Å². The smallest absolute Gasteiger partial charge is 0.261 e. The normalized spacial score (nSPS) is 11.5. The minimum atomic E-state index is -3.61. The Morgan fingerprint density at radius 2 is 1.68 bits per heavy atom. The fourth-order valence-electron chi connectivity index (χ4n) is 2.77. The highest BCUT2D eigenvalue weighted by Crippen LogP contribution is 2.33. The van der Waals surface area contributed by atoms with Crippen LogP contribution in [0.3, 0.4) is 0 Å². The summed E-state index contributed by atoms with van der Waals surface area (Å²) in [4.78, 5) is 4.88. The predicted molar refractivity (Wildman–Crippen MR) is 114 cm³/mol. The molecule has 0 spiro atoms. The number of aryl methyl sites for hydroxylation is 1. The summed E-state index contributed by atoms with van der Waals surface area (Å²) in [5, 5.41) is 0.871. The molecular formula is C21H18N2O3S2. The maximum absolute atomic E-state index is 12.5. The van der Waals surface area contributed by atoms with Gasteiger partial charge in [-0.3, -0.25) is 4.72 Å². The third-order valence-electron chi connectivity index (χ3n) is 4.31. The summed E-state index contributed by atoms with van der Waals surface area (Å²) < 4.78 is 33.9. The predicted octanol–water partition coefficient (Wildman–Crippen LogP) is 5.08. The quantitative estimate of drug-likeness (QED) is 0.498. The van der Waals surface area contributed by atoms with Gasteiger partial charge in [-0.1, -0.05) is 17.7 Å². The zero-order valence-electron chi connectivity index (χ0n) is 15.3. The standard InChI is InChI=1S/C21H18N2O3S2/c1-14-3-10-18(11-4-14)28(24,25)23-16-7-5-15(6-8-16)21-22-19-12-9-17(26-2)13-20(19)27-21/h3-13,23H,1-2H3. The molecule has 4 aromatic rings. The van der Waals surface area contributed by atoms with Crippen molar-refractivity contribution in [1.29, 1.82) is 0 Å². The van der Waals surface area contributed by atoms with Gasteiger partial charge < -0.3 is 4.74 Å². The third-order valence-corrected chi connectivity index (χ3v) is 6.78. The zero-order chi connectivity index (χ0) is 19.7. The van der Waals surface area contributed by atoms with Crippen LogP contribution < -0.4 is 9.46 Å². The van der Waals surface area contributed by atoms with E-state index in [2.05, 4.69) is 9.71 Å². The fourth-order valence-corrected chi connectivity index (χ4v) is 4.83. The number of methoxy groups -OCH3 is 1. The van der Waals surface area contributed by atoms with Gasteiger partial charge in [0.15, 0.2) is 0 Å². The molecule has 0 saturated heterocycles. The van der Waals surface area contributed by atoms with Gasteiger partial charge >= 0.3 is 0 Å². The highest BCUT2D eigenvalue weighted by molar-refractivity contribution is 7.92. The number of thiazole rings is 1. The van der Waals surface area contributed by atoms with Gasteiger partial charge in [-0.15, -0.1) is 11.3 Å². The van der Waals surface area contributed by atoms with Crippen molar-refractivity contribution >= 4 is 37.3 Å². The molecule has 0 aliphatic carbocycles. The van der Waals surface area contributed by atoms with Gasteiger partial charge in [0, 0.05) is 11.3 Å². The van der Waals surface area contributed by atoms with Crippen LogP contribution in [-0.4, -0.2) is 20.5 Å². The van der Waals surface area contributed by atoms with Gasteiger partial charge in [-0.2, -0.15) is 0 Å². The molecule has 0 radical (unpaired) electrons. The molecule has 0 aliphatic heterocycles. The number of rotatable bonds is 5. The summed E-state index contributed by atoms with van der Waals surface area (Å²) in [7, 11) is -1.97. The second kappa shape index (κ2) is 7.26. The summed E-state index contributed by atoms with van der Waals surface area (Å²) in [5.41, 5.74) is 3.35. The summed E-state index contributed by atoms with van der Waals surface area (Å²) in [5.74, 6) is 0.795. The molecule has 0 amide bonds. The number of hydrogen-bond acceptors (Lipinski definition) is 5. The van der Waals surface area contributed by atoms with Crippen molar-refractivity contribution in [3.63, 3.8) is 0 Å². The molecule has 1 aromatic heterocycles. The number of sulfonamides is 1. The van der Waals surface area contributed by atoms with Crippen LogP contribution in [0.5, 0.6) is 5.75 Å². The molecule has 5 nitrogen and oxygen atoms in total. The van der Waals surface area contributed by atoms with Gasteiger partial charge in [0.25, 0.3) is 10.0 Å². The molecular weight excluding hydrogens is 392 g/mol. The number of aromatic nitrogens is 1. The SMILES string of the molecule is COc1ccc2nc(-c3ccc(NS(=O)(=O)c4ccc(C)cc4)cc3)sc2c1. The molecule has 7 heteroatoms. The molecule has 0 fully saturated rings. The monoisotopic (exact) mass is 410 g/mol. The summed E-state index contributed by atoms with van der Waals surface area (Å²) in [6.45, 7) is 1.92. The molecule has 4 rings (SSSR count). The van der Waals surface area contributed by atoms with Crippen LogP contribution in [0.2, 0.25) is 0 Å². The Morgan fingerprint density at radius 3 is 2.36 bits per heavy atom. The lowest BCUT2D eigenvalue weighted by Crippen LogP contribution is -2.12. The van der Waals surface area contributed by atoms with Gasteiger partial charge in [0.1, 0.15) is 10.8 Å². The summed E-state index contributed by atoms with van der Waals surface area (Å²) >= 11 is 1.57. The number of nitrogens with one attached hydrogen (secondary N) is 1. The average Bonchev–Trinajstić information content (AvgIpc) is 3.11.